The van der Waals surface area contributed by atoms with E-state index in [-0.39, 0.29) is 0 Å². The number of pyridine rings is 1. The van der Waals surface area contributed by atoms with Crippen molar-refractivity contribution in [3.8, 4) is 11.7 Å². The second kappa shape index (κ2) is 7.07. The summed E-state index contributed by atoms with van der Waals surface area (Å²) < 4.78 is 8.01. The van der Waals surface area contributed by atoms with Crippen LogP contribution in [-0.2, 0) is 0 Å². The monoisotopic (exact) mass is 295 g/mol. The van der Waals surface area contributed by atoms with Crippen molar-refractivity contribution in [1.82, 2.24) is 14.5 Å². The summed E-state index contributed by atoms with van der Waals surface area (Å²) in [7, 11) is 0. The zero-order chi connectivity index (χ0) is 15.2. The molecule has 22 heavy (non-hydrogen) atoms. The Kier molecular flexibility index (Phi) is 4.68. The summed E-state index contributed by atoms with van der Waals surface area (Å²) in [5, 5.41) is 0. The lowest BCUT2D eigenvalue weighted by atomic mass is 10.2. The molecule has 4 heteroatoms. The van der Waals surface area contributed by atoms with Crippen molar-refractivity contribution < 1.29 is 4.74 Å². The Hall–Kier alpha value is -2.36. The minimum absolute atomic E-state index is 0.656. The van der Waals surface area contributed by atoms with Crippen molar-refractivity contribution in [2.24, 2.45) is 0 Å². The van der Waals surface area contributed by atoms with Crippen LogP contribution >= 0.6 is 0 Å². The zero-order valence-electron chi connectivity index (χ0n) is 12.9. The molecule has 114 valence electrons. The average Bonchev–Trinajstić information content (AvgIpc) is 2.93. The number of fused-ring (bicyclic) bond motifs is 1. The highest BCUT2D eigenvalue weighted by atomic mass is 16.5. The fourth-order valence-corrected chi connectivity index (χ4v) is 2.54. The summed E-state index contributed by atoms with van der Waals surface area (Å²) in [6.45, 7) is 2.91. The van der Waals surface area contributed by atoms with Crippen LogP contribution in [0.2, 0.25) is 0 Å². The number of aromatic nitrogens is 3. The molecule has 0 radical (unpaired) electrons. The summed E-state index contributed by atoms with van der Waals surface area (Å²) in [5.74, 6) is 0. The normalized spacial score (nSPS) is 11.0. The van der Waals surface area contributed by atoms with E-state index in [1.54, 1.807) is 12.4 Å². The van der Waals surface area contributed by atoms with Crippen LogP contribution in [-0.4, -0.2) is 21.1 Å². The third-order valence-corrected chi connectivity index (χ3v) is 3.68. The highest BCUT2D eigenvalue weighted by molar-refractivity contribution is 5.79. The SMILES string of the molecule is CCCCCCOc1nc2ccccc2n1-c1ccncc1. The third kappa shape index (κ3) is 3.11. The number of unbranched alkanes of at least 4 members (excludes halogenated alkanes) is 3. The van der Waals surface area contributed by atoms with E-state index in [1.165, 1.54) is 19.3 Å². The lowest BCUT2D eigenvalue weighted by molar-refractivity contribution is 0.279. The van der Waals surface area contributed by atoms with Crippen molar-refractivity contribution in [3.05, 3.63) is 48.8 Å². The van der Waals surface area contributed by atoms with Crippen LogP contribution in [0.15, 0.2) is 48.8 Å². The van der Waals surface area contributed by atoms with Crippen LogP contribution in [0.5, 0.6) is 6.01 Å². The van der Waals surface area contributed by atoms with E-state index in [0.29, 0.717) is 12.6 Å². The van der Waals surface area contributed by atoms with Crippen LogP contribution in [0, 0.1) is 0 Å². The molecule has 4 nitrogen and oxygen atoms in total. The average molecular weight is 295 g/mol. The number of rotatable bonds is 7. The molecule has 0 spiro atoms. The van der Waals surface area contributed by atoms with Gasteiger partial charge in [0.05, 0.1) is 23.3 Å². The highest BCUT2D eigenvalue weighted by Crippen LogP contribution is 2.25. The van der Waals surface area contributed by atoms with Gasteiger partial charge in [-0.2, -0.15) is 4.98 Å². The molecule has 2 heterocycles. The molecule has 0 saturated heterocycles. The van der Waals surface area contributed by atoms with Gasteiger partial charge in [0.2, 0.25) is 0 Å². The Bertz CT molecular complexity index is 722. The van der Waals surface area contributed by atoms with Crippen molar-refractivity contribution in [2.45, 2.75) is 32.6 Å². The zero-order valence-corrected chi connectivity index (χ0v) is 12.9. The third-order valence-electron chi connectivity index (χ3n) is 3.68. The van der Waals surface area contributed by atoms with Gasteiger partial charge < -0.3 is 4.74 Å². The standard InChI is InChI=1S/C18H21N3O/c1-2-3-4-7-14-22-18-20-16-8-5-6-9-17(16)21(18)15-10-12-19-13-11-15/h5-6,8-13H,2-4,7,14H2,1H3. The first-order valence-corrected chi connectivity index (χ1v) is 7.91. The fraction of sp³-hybridized carbons (Fsp3) is 0.333. The Morgan fingerprint density at radius 1 is 1.00 bits per heavy atom. The second-order valence-corrected chi connectivity index (χ2v) is 5.33. The van der Waals surface area contributed by atoms with E-state index in [2.05, 4.69) is 27.5 Å². The molecule has 0 aliphatic rings. The molecule has 0 saturated carbocycles. The number of hydrogen-bond acceptors (Lipinski definition) is 3. The number of ether oxygens (including phenoxy) is 1. The summed E-state index contributed by atoms with van der Waals surface area (Å²) >= 11 is 0. The number of nitrogens with zero attached hydrogens (tertiary/aromatic N) is 3. The van der Waals surface area contributed by atoms with Crippen LogP contribution in [0.25, 0.3) is 16.7 Å². The maximum Gasteiger partial charge on any atom is 0.302 e. The molecular formula is C18H21N3O. The van der Waals surface area contributed by atoms with E-state index in [4.69, 9.17) is 4.74 Å². The smallest absolute Gasteiger partial charge is 0.302 e. The van der Waals surface area contributed by atoms with Gasteiger partial charge >= 0.3 is 6.01 Å². The molecule has 0 bridgehead atoms. The van der Waals surface area contributed by atoms with Crippen LogP contribution in [0.4, 0.5) is 0 Å². The molecule has 3 rings (SSSR count). The van der Waals surface area contributed by atoms with Crippen molar-refractivity contribution in [3.63, 3.8) is 0 Å². The fourth-order valence-electron chi connectivity index (χ4n) is 2.54. The van der Waals surface area contributed by atoms with E-state index >= 15 is 0 Å². The quantitative estimate of drug-likeness (QED) is 0.607. The topological polar surface area (TPSA) is 39.9 Å². The maximum atomic E-state index is 5.95. The number of benzene rings is 1. The van der Waals surface area contributed by atoms with Gasteiger partial charge in [-0.25, -0.2) is 0 Å². The lowest BCUT2D eigenvalue weighted by Gasteiger charge is -2.09. The highest BCUT2D eigenvalue weighted by Gasteiger charge is 2.13. The largest absolute Gasteiger partial charge is 0.464 e. The van der Waals surface area contributed by atoms with Gasteiger partial charge in [-0.05, 0) is 30.7 Å². The summed E-state index contributed by atoms with van der Waals surface area (Å²) in [6, 6.07) is 12.7. The van der Waals surface area contributed by atoms with E-state index in [0.717, 1.165) is 23.1 Å². The molecule has 0 N–H and O–H groups in total. The molecule has 3 aromatic rings. The summed E-state index contributed by atoms with van der Waals surface area (Å²) in [4.78, 5) is 8.71. The van der Waals surface area contributed by atoms with Crippen LogP contribution in [0.3, 0.4) is 0 Å². The summed E-state index contributed by atoms with van der Waals surface area (Å²) in [6.07, 6.45) is 8.32. The van der Waals surface area contributed by atoms with Crippen LogP contribution in [0.1, 0.15) is 32.6 Å². The minimum atomic E-state index is 0.656. The van der Waals surface area contributed by atoms with E-state index < -0.39 is 0 Å². The number of para-hydroxylation sites is 2. The predicted octanol–water partition coefficient (Wildman–Crippen LogP) is 4.38. The second-order valence-electron chi connectivity index (χ2n) is 5.33. The van der Waals surface area contributed by atoms with Crippen molar-refractivity contribution in [2.75, 3.05) is 6.61 Å². The lowest BCUT2D eigenvalue weighted by Crippen LogP contribution is -2.04. The molecule has 0 aliphatic carbocycles. The van der Waals surface area contributed by atoms with Gasteiger partial charge in [0, 0.05) is 12.4 Å². The molecule has 0 fully saturated rings. The number of imidazole rings is 1. The molecular weight excluding hydrogens is 274 g/mol. The van der Waals surface area contributed by atoms with Crippen LogP contribution < -0.4 is 4.74 Å². The molecule has 0 amide bonds. The van der Waals surface area contributed by atoms with Gasteiger partial charge in [-0.3, -0.25) is 9.55 Å². The first-order valence-electron chi connectivity index (χ1n) is 7.91. The molecule has 0 unspecified atom stereocenters. The summed E-state index contributed by atoms with van der Waals surface area (Å²) in [5.41, 5.74) is 3.02. The number of hydrogen-bond donors (Lipinski definition) is 0. The molecule has 1 aromatic carbocycles. The molecule has 0 aliphatic heterocycles. The first-order chi connectivity index (χ1) is 10.9. The minimum Gasteiger partial charge on any atom is -0.464 e. The van der Waals surface area contributed by atoms with Gasteiger partial charge in [-0.15, -0.1) is 0 Å². The predicted molar refractivity (Wildman–Crippen MR) is 88.5 cm³/mol. The van der Waals surface area contributed by atoms with E-state index in [9.17, 15) is 0 Å². The van der Waals surface area contributed by atoms with Gasteiger partial charge in [-0.1, -0.05) is 38.3 Å². The van der Waals surface area contributed by atoms with E-state index in [1.807, 2.05) is 30.3 Å². The Labute approximate surface area is 130 Å². The van der Waals surface area contributed by atoms with Crippen molar-refractivity contribution >= 4 is 11.0 Å². The first kappa shape index (κ1) is 14.6. The molecule has 2 aromatic heterocycles. The maximum absolute atomic E-state index is 5.95. The van der Waals surface area contributed by atoms with Gasteiger partial charge in [0.25, 0.3) is 0 Å². The van der Waals surface area contributed by atoms with Gasteiger partial charge in [0.15, 0.2) is 0 Å². The van der Waals surface area contributed by atoms with Gasteiger partial charge in [0.1, 0.15) is 0 Å². The Morgan fingerprint density at radius 3 is 2.64 bits per heavy atom. The Morgan fingerprint density at radius 2 is 1.82 bits per heavy atom. The Balaban J connectivity index is 1.88. The molecule has 0 atom stereocenters. The van der Waals surface area contributed by atoms with Crippen molar-refractivity contribution in [1.29, 1.82) is 0 Å².